The maximum Gasteiger partial charge on any atom is 0.231 e. The summed E-state index contributed by atoms with van der Waals surface area (Å²) < 4.78 is 21.0. The summed E-state index contributed by atoms with van der Waals surface area (Å²) in [4.78, 5) is 9.16. The van der Waals surface area contributed by atoms with E-state index in [0.717, 1.165) is 36.1 Å². The molecule has 1 aliphatic rings. The van der Waals surface area contributed by atoms with Crippen molar-refractivity contribution in [3.8, 4) is 11.3 Å². The molecule has 9 nitrogen and oxygen atoms in total. The van der Waals surface area contributed by atoms with Crippen molar-refractivity contribution in [2.75, 3.05) is 11.4 Å². The molecule has 8 N–H and O–H groups in total. The molecule has 1 unspecified atom stereocenters. The molecule has 11 heteroatoms. The van der Waals surface area contributed by atoms with Crippen LogP contribution in [-0.4, -0.2) is 41.1 Å². The van der Waals surface area contributed by atoms with E-state index >= 15 is 4.39 Å². The van der Waals surface area contributed by atoms with Gasteiger partial charge in [0.2, 0.25) is 6.35 Å². The average molecular weight is 582 g/mol. The standard InChI is InChI=1S/C30H37ClFN7O2/c1-3-23(11-12-36-29(34)35)41-17-19-7-9-22(10-8-19)39-16-21-15-26(37-28(21)38-30(39)40)24-13-20(6-4-5-18(2)33)14-25(31)27(24)32/h3,7-10,13-16,18,23,30,40H,1,4-6,11-12,17,33H2,2H3,(H,37,38)(H4,34,35,36)/t18-,23-,30?/m0/s1. The zero-order chi connectivity index (χ0) is 29.5. The first kappa shape index (κ1) is 30.3. The van der Waals surface area contributed by atoms with Gasteiger partial charge in [-0.2, -0.15) is 0 Å². The third-order valence-electron chi connectivity index (χ3n) is 6.81. The fourth-order valence-corrected chi connectivity index (χ4v) is 4.85. The lowest BCUT2D eigenvalue weighted by Crippen LogP contribution is -2.41. The lowest BCUT2D eigenvalue weighted by molar-refractivity contribution is 0.0676. The topological polar surface area (TPSA) is 149 Å². The molecule has 3 atom stereocenters. The van der Waals surface area contributed by atoms with Gasteiger partial charge in [-0.05, 0) is 74.1 Å². The second kappa shape index (κ2) is 13.8. The molecule has 0 radical (unpaired) electrons. The zero-order valence-electron chi connectivity index (χ0n) is 23.0. The number of hydrogen-bond acceptors (Lipinski definition) is 6. The highest BCUT2D eigenvalue weighted by atomic mass is 35.5. The van der Waals surface area contributed by atoms with Gasteiger partial charge in [0.25, 0.3) is 0 Å². The Kier molecular flexibility index (Phi) is 10.2. The fraction of sp³-hybridized carbons (Fsp3) is 0.333. The number of benzene rings is 2. The predicted octanol–water partition coefficient (Wildman–Crippen LogP) is 3.24. The Morgan fingerprint density at radius 3 is 2.73 bits per heavy atom. The third kappa shape index (κ3) is 7.95. The molecule has 41 heavy (non-hydrogen) atoms. The van der Waals surface area contributed by atoms with Gasteiger partial charge in [0.1, 0.15) is 5.49 Å². The first-order valence-electron chi connectivity index (χ1n) is 13.5. The Bertz CT molecular complexity index is 1490. The summed E-state index contributed by atoms with van der Waals surface area (Å²) in [7, 11) is 0. The number of nitrogens with two attached hydrogens (primary N) is 2. The van der Waals surface area contributed by atoms with Gasteiger partial charge in [-0.25, -0.2) is 9.38 Å². The van der Waals surface area contributed by atoms with Gasteiger partial charge in [-0.15, -0.1) is 6.58 Å². The average Bonchev–Trinajstić information content (AvgIpc) is 3.34. The van der Waals surface area contributed by atoms with Gasteiger partial charge >= 0.3 is 0 Å². The molecule has 0 saturated heterocycles. The van der Waals surface area contributed by atoms with E-state index in [1.54, 1.807) is 35.4 Å². The van der Waals surface area contributed by atoms with Crippen LogP contribution in [0.5, 0.6) is 0 Å². The van der Waals surface area contributed by atoms with Crippen LogP contribution in [0, 0.1) is 11.2 Å². The van der Waals surface area contributed by atoms with E-state index in [1.807, 2.05) is 31.2 Å². The molecule has 2 heterocycles. The van der Waals surface area contributed by atoms with E-state index in [2.05, 4.69) is 21.9 Å². The number of aromatic nitrogens is 1. The van der Waals surface area contributed by atoms with Crippen molar-refractivity contribution in [2.45, 2.75) is 57.7 Å². The van der Waals surface area contributed by atoms with E-state index in [-0.39, 0.29) is 23.1 Å². The monoisotopic (exact) mass is 581 g/mol. The molecule has 0 fully saturated rings. The number of aliphatic hydroxyl groups is 1. The number of halogens is 2. The molecule has 218 valence electrons. The van der Waals surface area contributed by atoms with E-state index in [0.29, 0.717) is 41.5 Å². The second-order valence-electron chi connectivity index (χ2n) is 10.2. The maximum atomic E-state index is 15.1. The smallest absolute Gasteiger partial charge is 0.231 e. The van der Waals surface area contributed by atoms with Crippen molar-refractivity contribution in [3.63, 3.8) is 0 Å². The van der Waals surface area contributed by atoms with Gasteiger partial charge in [0, 0.05) is 35.3 Å². The van der Waals surface area contributed by atoms with E-state index < -0.39 is 12.2 Å². The number of fused-ring (bicyclic) bond motifs is 1. The second-order valence-corrected chi connectivity index (χ2v) is 10.6. The highest BCUT2D eigenvalue weighted by molar-refractivity contribution is 6.31. The quantitative estimate of drug-likeness (QED) is 0.104. The number of aromatic amines is 1. The van der Waals surface area contributed by atoms with Crippen LogP contribution in [0.1, 0.15) is 37.3 Å². The number of guanidine groups is 1. The van der Waals surface area contributed by atoms with Crippen molar-refractivity contribution in [1.82, 2.24) is 10.3 Å². The molecule has 2 aromatic carbocycles. The predicted molar refractivity (Wildman–Crippen MR) is 161 cm³/mol. The number of H-pyrrole nitrogens is 1. The molecule has 0 spiro atoms. The molecule has 0 bridgehead atoms. The van der Waals surface area contributed by atoms with Crippen molar-refractivity contribution in [1.29, 1.82) is 5.41 Å². The van der Waals surface area contributed by atoms with Crippen molar-refractivity contribution in [3.05, 3.63) is 87.8 Å². The van der Waals surface area contributed by atoms with Crippen molar-refractivity contribution in [2.24, 2.45) is 16.5 Å². The van der Waals surface area contributed by atoms with Gasteiger partial charge in [-0.1, -0.05) is 29.8 Å². The van der Waals surface area contributed by atoms with Crippen molar-refractivity contribution < 1.29 is 14.2 Å². The Labute approximate surface area is 243 Å². The maximum absolute atomic E-state index is 15.1. The summed E-state index contributed by atoms with van der Waals surface area (Å²) in [5, 5.41) is 21.5. The Balaban J connectivity index is 1.48. The Morgan fingerprint density at radius 1 is 1.29 bits per heavy atom. The molecule has 4 rings (SSSR count). The van der Waals surface area contributed by atoms with Gasteiger partial charge in [0.15, 0.2) is 11.8 Å². The summed E-state index contributed by atoms with van der Waals surface area (Å²) in [5.41, 5.74) is 15.1. The summed E-state index contributed by atoms with van der Waals surface area (Å²) >= 11 is 6.24. The van der Waals surface area contributed by atoms with Crippen LogP contribution >= 0.6 is 11.6 Å². The number of rotatable bonds is 13. The number of ether oxygens (including phenoxy) is 1. The summed E-state index contributed by atoms with van der Waals surface area (Å²) in [6.45, 7) is 6.65. The normalized spacial score (nSPS) is 15.8. The first-order valence-corrected chi connectivity index (χ1v) is 13.9. The van der Waals surface area contributed by atoms with Crippen LogP contribution in [0.2, 0.25) is 5.02 Å². The molecule has 1 aliphatic heterocycles. The van der Waals surface area contributed by atoms with Crippen LogP contribution in [0.3, 0.4) is 0 Å². The fourth-order valence-electron chi connectivity index (χ4n) is 4.61. The molecular weight excluding hydrogens is 545 g/mol. The summed E-state index contributed by atoms with van der Waals surface area (Å²) in [6, 6.07) is 12.9. The van der Waals surface area contributed by atoms with E-state index in [1.165, 1.54) is 0 Å². The number of aryl methyl sites for hydroxylation is 1. The molecule has 0 amide bonds. The van der Waals surface area contributed by atoms with Crippen LogP contribution in [-0.2, 0) is 17.8 Å². The highest BCUT2D eigenvalue weighted by Crippen LogP contribution is 2.29. The molecule has 0 aliphatic carbocycles. The minimum atomic E-state index is -1.16. The number of nitrogens with one attached hydrogen (secondary N) is 3. The van der Waals surface area contributed by atoms with E-state index in [4.69, 9.17) is 33.2 Å². The molecule has 1 aromatic heterocycles. The SMILES string of the molecule is C=C[C@@H](CCNC(=N)N)OCc1ccc(N2C=c3cc(-c4cc(CCC[C@H](C)N)cc(Cl)c4F)[nH]c3=NC2O)cc1. The lowest BCUT2D eigenvalue weighted by atomic mass is 10.0. The molecule has 0 saturated carbocycles. The molecule has 3 aromatic rings. The first-order chi connectivity index (χ1) is 19.6. The minimum Gasteiger partial charge on any atom is -0.370 e. The highest BCUT2D eigenvalue weighted by Gasteiger charge is 2.20. The van der Waals surface area contributed by atoms with Crippen LogP contribution < -0.4 is 32.4 Å². The van der Waals surface area contributed by atoms with Crippen LogP contribution in [0.15, 0.2) is 60.1 Å². The molecular formula is C30H37ClFN7O2. The summed E-state index contributed by atoms with van der Waals surface area (Å²) in [5.74, 6) is -0.588. The van der Waals surface area contributed by atoms with Crippen molar-refractivity contribution >= 4 is 29.4 Å². The van der Waals surface area contributed by atoms with Gasteiger partial charge in [0.05, 0.1) is 23.4 Å². The zero-order valence-corrected chi connectivity index (χ0v) is 23.8. The Hall–Kier alpha value is -3.70. The number of hydrogen-bond donors (Lipinski definition) is 6. The summed E-state index contributed by atoms with van der Waals surface area (Å²) in [6.07, 6.45) is 5.27. The number of anilines is 1. The largest absolute Gasteiger partial charge is 0.370 e. The Morgan fingerprint density at radius 2 is 2.05 bits per heavy atom. The minimum absolute atomic E-state index is 0.0599. The number of nitrogens with zero attached hydrogens (tertiary/aromatic N) is 2. The van der Waals surface area contributed by atoms with Gasteiger partial charge in [-0.3, -0.25) is 5.41 Å². The van der Waals surface area contributed by atoms with Crippen LogP contribution in [0.4, 0.5) is 10.1 Å². The van der Waals surface area contributed by atoms with Crippen LogP contribution in [0.25, 0.3) is 17.5 Å². The number of aliphatic hydroxyl groups excluding tert-OH is 1. The van der Waals surface area contributed by atoms with E-state index in [9.17, 15) is 5.11 Å². The third-order valence-corrected chi connectivity index (χ3v) is 7.08. The van der Waals surface area contributed by atoms with Gasteiger partial charge < -0.3 is 36.5 Å². The lowest BCUT2D eigenvalue weighted by Gasteiger charge is -2.25.